The van der Waals surface area contributed by atoms with E-state index in [0.29, 0.717) is 0 Å². The fraction of sp³-hybridized carbons (Fsp3) is 0.381. The number of ether oxygens (including phenoxy) is 1. The zero-order valence-corrected chi connectivity index (χ0v) is 15.7. The standard InChI is InChI=1S/C21H28N4O/c1-22-21(24-15-17-7-9-20(26-2)10-8-17)23-12-14-25-13-11-18-5-3-4-6-19(18)16-25/h3-10H,11-16H2,1-2H3,(H2,22,23,24). The molecule has 5 nitrogen and oxygen atoms in total. The van der Waals surface area contributed by atoms with E-state index in [9.17, 15) is 0 Å². The van der Waals surface area contributed by atoms with E-state index >= 15 is 0 Å². The van der Waals surface area contributed by atoms with Crippen LogP contribution in [-0.2, 0) is 19.5 Å². The number of fused-ring (bicyclic) bond motifs is 1. The first kappa shape index (κ1) is 18.3. The molecule has 0 atom stereocenters. The van der Waals surface area contributed by atoms with E-state index in [1.165, 1.54) is 16.7 Å². The van der Waals surface area contributed by atoms with Crippen LogP contribution in [0.2, 0.25) is 0 Å². The van der Waals surface area contributed by atoms with Crippen molar-refractivity contribution < 1.29 is 4.74 Å². The van der Waals surface area contributed by atoms with Crippen LogP contribution in [0.4, 0.5) is 0 Å². The summed E-state index contributed by atoms with van der Waals surface area (Å²) in [5, 5.41) is 6.76. The van der Waals surface area contributed by atoms with E-state index in [-0.39, 0.29) is 0 Å². The predicted molar refractivity (Wildman–Crippen MR) is 107 cm³/mol. The van der Waals surface area contributed by atoms with Gasteiger partial charge < -0.3 is 15.4 Å². The van der Waals surface area contributed by atoms with Crippen LogP contribution in [0.1, 0.15) is 16.7 Å². The third-order valence-corrected chi connectivity index (χ3v) is 4.77. The van der Waals surface area contributed by atoms with Crippen molar-refractivity contribution in [1.29, 1.82) is 0 Å². The minimum atomic E-state index is 0.737. The molecular formula is C21H28N4O. The highest BCUT2D eigenvalue weighted by atomic mass is 16.5. The topological polar surface area (TPSA) is 48.9 Å². The van der Waals surface area contributed by atoms with Crippen LogP contribution in [0.5, 0.6) is 5.75 Å². The molecule has 1 heterocycles. The van der Waals surface area contributed by atoms with E-state index in [1.54, 1.807) is 14.2 Å². The van der Waals surface area contributed by atoms with Gasteiger partial charge in [0.2, 0.25) is 0 Å². The molecule has 0 radical (unpaired) electrons. The average Bonchev–Trinajstić information content (AvgIpc) is 2.70. The summed E-state index contributed by atoms with van der Waals surface area (Å²) in [4.78, 5) is 6.80. The lowest BCUT2D eigenvalue weighted by Gasteiger charge is -2.28. The third kappa shape index (κ3) is 4.99. The molecule has 1 aliphatic heterocycles. The fourth-order valence-corrected chi connectivity index (χ4v) is 3.23. The maximum Gasteiger partial charge on any atom is 0.191 e. The third-order valence-electron chi connectivity index (χ3n) is 4.77. The quantitative estimate of drug-likeness (QED) is 0.619. The summed E-state index contributed by atoms with van der Waals surface area (Å²) in [6.45, 7) is 4.79. The van der Waals surface area contributed by atoms with Crippen molar-refractivity contribution in [2.24, 2.45) is 4.99 Å². The lowest BCUT2D eigenvalue weighted by molar-refractivity contribution is 0.258. The van der Waals surface area contributed by atoms with Crippen LogP contribution < -0.4 is 15.4 Å². The number of aliphatic imine (C=N–C) groups is 1. The maximum absolute atomic E-state index is 5.19. The van der Waals surface area contributed by atoms with E-state index < -0.39 is 0 Å². The van der Waals surface area contributed by atoms with Crippen molar-refractivity contribution in [3.05, 3.63) is 65.2 Å². The zero-order chi connectivity index (χ0) is 18.2. The van der Waals surface area contributed by atoms with E-state index in [1.807, 2.05) is 12.1 Å². The van der Waals surface area contributed by atoms with Gasteiger partial charge in [-0.25, -0.2) is 0 Å². The van der Waals surface area contributed by atoms with Crippen LogP contribution in [0.3, 0.4) is 0 Å². The van der Waals surface area contributed by atoms with Crippen LogP contribution in [0, 0.1) is 0 Å². The molecule has 0 amide bonds. The molecule has 0 saturated heterocycles. The molecule has 26 heavy (non-hydrogen) atoms. The molecule has 2 N–H and O–H groups in total. The molecule has 5 heteroatoms. The molecule has 0 aliphatic carbocycles. The summed E-state index contributed by atoms with van der Waals surface area (Å²) in [7, 11) is 3.49. The van der Waals surface area contributed by atoms with Crippen LogP contribution in [0.25, 0.3) is 0 Å². The monoisotopic (exact) mass is 352 g/mol. The highest BCUT2D eigenvalue weighted by molar-refractivity contribution is 5.79. The van der Waals surface area contributed by atoms with Gasteiger partial charge in [-0.3, -0.25) is 9.89 Å². The normalized spacial score (nSPS) is 14.6. The number of methoxy groups -OCH3 is 1. The van der Waals surface area contributed by atoms with E-state index in [2.05, 4.69) is 56.9 Å². The van der Waals surface area contributed by atoms with Crippen molar-refractivity contribution >= 4 is 5.96 Å². The van der Waals surface area contributed by atoms with Crippen LogP contribution in [-0.4, -0.2) is 44.7 Å². The molecule has 0 saturated carbocycles. The van der Waals surface area contributed by atoms with E-state index in [0.717, 1.165) is 50.9 Å². The van der Waals surface area contributed by atoms with Gasteiger partial charge in [0.1, 0.15) is 5.75 Å². The Labute approximate surface area is 156 Å². The van der Waals surface area contributed by atoms with Gasteiger partial charge >= 0.3 is 0 Å². The molecule has 2 aromatic carbocycles. The Bertz CT molecular complexity index is 727. The van der Waals surface area contributed by atoms with Gasteiger partial charge in [-0.1, -0.05) is 36.4 Å². The van der Waals surface area contributed by atoms with Gasteiger partial charge in [0.25, 0.3) is 0 Å². The van der Waals surface area contributed by atoms with Crippen molar-refractivity contribution in [1.82, 2.24) is 15.5 Å². The Kier molecular flexibility index (Phi) is 6.50. The Morgan fingerprint density at radius 1 is 1.08 bits per heavy atom. The Hall–Kier alpha value is -2.53. The number of hydrogen-bond donors (Lipinski definition) is 2. The van der Waals surface area contributed by atoms with Crippen molar-refractivity contribution in [2.45, 2.75) is 19.5 Å². The number of nitrogens with one attached hydrogen (secondary N) is 2. The van der Waals surface area contributed by atoms with Crippen LogP contribution in [0.15, 0.2) is 53.5 Å². The van der Waals surface area contributed by atoms with E-state index in [4.69, 9.17) is 4.74 Å². The van der Waals surface area contributed by atoms with Gasteiger partial charge in [0.15, 0.2) is 5.96 Å². The summed E-state index contributed by atoms with van der Waals surface area (Å²) >= 11 is 0. The first-order valence-corrected chi connectivity index (χ1v) is 9.15. The first-order valence-electron chi connectivity index (χ1n) is 9.15. The van der Waals surface area contributed by atoms with Crippen molar-refractivity contribution in [3.63, 3.8) is 0 Å². The van der Waals surface area contributed by atoms with Gasteiger partial charge in [-0.15, -0.1) is 0 Å². The minimum absolute atomic E-state index is 0.737. The van der Waals surface area contributed by atoms with Crippen molar-refractivity contribution in [2.75, 3.05) is 33.8 Å². The maximum atomic E-state index is 5.19. The summed E-state index contributed by atoms with van der Waals surface area (Å²) < 4.78 is 5.19. The first-order chi connectivity index (χ1) is 12.8. The average molecular weight is 352 g/mol. The predicted octanol–water partition coefficient (Wildman–Crippen LogP) is 2.42. The van der Waals surface area contributed by atoms with Gasteiger partial charge in [0.05, 0.1) is 7.11 Å². The number of rotatable bonds is 6. The number of benzene rings is 2. The summed E-state index contributed by atoms with van der Waals surface area (Å²) in [6, 6.07) is 16.8. The highest BCUT2D eigenvalue weighted by Crippen LogP contribution is 2.17. The lowest BCUT2D eigenvalue weighted by atomic mass is 10.00. The zero-order valence-electron chi connectivity index (χ0n) is 15.7. The lowest BCUT2D eigenvalue weighted by Crippen LogP contribution is -2.42. The molecule has 3 rings (SSSR count). The van der Waals surface area contributed by atoms with Gasteiger partial charge in [-0.05, 0) is 35.2 Å². The molecular weight excluding hydrogens is 324 g/mol. The largest absolute Gasteiger partial charge is 0.497 e. The smallest absolute Gasteiger partial charge is 0.191 e. The number of nitrogens with zero attached hydrogens (tertiary/aromatic N) is 2. The van der Waals surface area contributed by atoms with Gasteiger partial charge in [0, 0.05) is 39.8 Å². The molecule has 2 aromatic rings. The molecule has 0 fully saturated rings. The SMILES string of the molecule is CN=C(NCCN1CCc2ccccc2C1)NCc1ccc(OC)cc1. The van der Waals surface area contributed by atoms with Crippen molar-refractivity contribution in [3.8, 4) is 5.75 Å². The Morgan fingerprint density at radius 2 is 1.85 bits per heavy atom. The highest BCUT2D eigenvalue weighted by Gasteiger charge is 2.14. The molecule has 0 aromatic heterocycles. The Balaban J connectivity index is 1.40. The molecule has 0 bridgehead atoms. The molecule has 0 spiro atoms. The minimum Gasteiger partial charge on any atom is -0.497 e. The summed E-state index contributed by atoms with van der Waals surface area (Å²) in [5.74, 6) is 1.71. The molecule has 138 valence electrons. The fourth-order valence-electron chi connectivity index (χ4n) is 3.23. The summed E-state index contributed by atoms with van der Waals surface area (Å²) in [5.41, 5.74) is 4.15. The second-order valence-electron chi connectivity index (χ2n) is 6.50. The summed E-state index contributed by atoms with van der Waals surface area (Å²) in [6.07, 6.45) is 1.14. The second-order valence-corrected chi connectivity index (χ2v) is 6.50. The number of hydrogen-bond acceptors (Lipinski definition) is 3. The Morgan fingerprint density at radius 3 is 2.58 bits per heavy atom. The van der Waals surface area contributed by atoms with Crippen LogP contribution >= 0.6 is 0 Å². The molecule has 0 unspecified atom stereocenters. The molecule has 1 aliphatic rings. The second kappa shape index (κ2) is 9.25. The van der Waals surface area contributed by atoms with Gasteiger partial charge in [-0.2, -0.15) is 0 Å². The number of guanidine groups is 1.